The second-order valence-corrected chi connectivity index (χ2v) is 5.76. The smallest absolute Gasteiger partial charge is 0.253 e. The monoisotopic (exact) mass is 319 g/mol. The van der Waals surface area contributed by atoms with Crippen LogP contribution in [0.3, 0.4) is 0 Å². The molecule has 4 heteroatoms. The zero-order valence-electron chi connectivity index (χ0n) is 10.6. The Morgan fingerprint density at radius 1 is 1.42 bits per heavy atom. The molecule has 1 aromatic heterocycles. The third kappa shape index (κ3) is 2.32. The molecule has 98 valence electrons. The number of hydrogen-bond acceptors (Lipinski definition) is 2. The average Bonchev–Trinajstić information content (AvgIpc) is 2.79. The van der Waals surface area contributed by atoms with Crippen molar-refractivity contribution < 1.29 is 4.74 Å². The average molecular weight is 320 g/mol. The molecule has 0 N–H and O–H groups in total. The number of aromatic nitrogens is 1. The van der Waals surface area contributed by atoms with Gasteiger partial charge in [0.1, 0.15) is 5.75 Å². The van der Waals surface area contributed by atoms with Gasteiger partial charge < -0.3 is 9.30 Å². The van der Waals surface area contributed by atoms with Crippen LogP contribution in [0.2, 0.25) is 0 Å². The van der Waals surface area contributed by atoms with E-state index in [2.05, 4.69) is 22.0 Å². The lowest BCUT2D eigenvalue weighted by Gasteiger charge is -2.12. The van der Waals surface area contributed by atoms with Crippen molar-refractivity contribution in [1.82, 2.24) is 4.57 Å². The highest BCUT2D eigenvalue weighted by Gasteiger charge is 2.24. The molecule has 0 aliphatic carbocycles. The SMILES string of the molecule is Cc1cc(Br)cn(CC2COc3ccccc32)c1=O. The molecule has 0 spiro atoms. The summed E-state index contributed by atoms with van der Waals surface area (Å²) in [7, 11) is 0. The molecular weight excluding hydrogens is 306 g/mol. The first-order valence-electron chi connectivity index (χ1n) is 6.23. The molecule has 2 heterocycles. The fourth-order valence-corrected chi connectivity index (χ4v) is 3.08. The lowest BCUT2D eigenvalue weighted by Crippen LogP contribution is -2.25. The minimum Gasteiger partial charge on any atom is -0.493 e. The summed E-state index contributed by atoms with van der Waals surface area (Å²) in [6.45, 7) is 3.12. The van der Waals surface area contributed by atoms with Crippen molar-refractivity contribution in [1.29, 1.82) is 0 Å². The summed E-state index contributed by atoms with van der Waals surface area (Å²) >= 11 is 3.44. The van der Waals surface area contributed by atoms with Gasteiger partial charge in [-0.3, -0.25) is 4.79 Å². The number of para-hydroxylation sites is 1. The Kier molecular flexibility index (Phi) is 3.19. The summed E-state index contributed by atoms with van der Waals surface area (Å²) in [5.74, 6) is 1.18. The topological polar surface area (TPSA) is 31.2 Å². The number of halogens is 1. The van der Waals surface area contributed by atoms with Gasteiger partial charge in [-0.1, -0.05) is 18.2 Å². The van der Waals surface area contributed by atoms with Crippen LogP contribution in [0.15, 0.2) is 45.8 Å². The zero-order chi connectivity index (χ0) is 13.4. The highest BCUT2D eigenvalue weighted by Crippen LogP contribution is 2.34. The van der Waals surface area contributed by atoms with Gasteiger partial charge in [0.2, 0.25) is 0 Å². The van der Waals surface area contributed by atoms with E-state index >= 15 is 0 Å². The van der Waals surface area contributed by atoms with Crippen LogP contribution in [0, 0.1) is 6.92 Å². The molecule has 0 fully saturated rings. The van der Waals surface area contributed by atoms with Crippen LogP contribution in [0.1, 0.15) is 17.0 Å². The maximum Gasteiger partial charge on any atom is 0.253 e. The molecule has 3 rings (SSSR count). The molecule has 2 aromatic rings. The van der Waals surface area contributed by atoms with Crippen LogP contribution in [-0.2, 0) is 6.54 Å². The molecule has 0 saturated heterocycles. The van der Waals surface area contributed by atoms with E-state index in [1.54, 1.807) is 4.57 Å². The Bertz CT molecular complexity index is 678. The third-order valence-electron chi connectivity index (χ3n) is 3.45. The Morgan fingerprint density at radius 2 is 2.21 bits per heavy atom. The number of hydrogen-bond donors (Lipinski definition) is 0. The lowest BCUT2D eigenvalue weighted by molar-refractivity contribution is 0.317. The minimum atomic E-state index is 0.0626. The van der Waals surface area contributed by atoms with E-state index in [9.17, 15) is 4.79 Å². The molecule has 0 bridgehead atoms. The van der Waals surface area contributed by atoms with Gasteiger partial charge in [0.15, 0.2) is 0 Å². The van der Waals surface area contributed by atoms with E-state index in [-0.39, 0.29) is 11.5 Å². The van der Waals surface area contributed by atoms with Crippen molar-refractivity contribution in [2.75, 3.05) is 6.61 Å². The summed E-state index contributed by atoms with van der Waals surface area (Å²) in [4.78, 5) is 12.1. The summed E-state index contributed by atoms with van der Waals surface area (Å²) in [5.41, 5.74) is 2.00. The summed E-state index contributed by atoms with van der Waals surface area (Å²) < 4.78 is 8.34. The number of fused-ring (bicyclic) bond motifs is 1. The van der Waals surface area contributed by atoms with Crippen LogP contribution >= 0.6 is 15.9 Å². The van der Waals surface area contributed by atoms with E-state index in [1.165, 1.54) is 5.56 Å². The summed E-state index contributed by atoms with van der Waals surface area (Å²) in [6.07, 6.45) is 1.84. The number of aryl methyl sites for hydroxylation is 1. The molecule has 1 aliphatic rings. The molecule has 0 amide bonds. The van der Waals surface area contributed by atoms with Gasteiger partial charge in [0, 0.05) is 34.3 Å². The third-order valence-corrected chi connectivity index (χ3v) is 3.88. The number of pyridine rings is 1. The van der Waals surface area contributed by atoms with E-state index in [4.69, 9.17) is 4.74 Å². The molecule has 19 heavy (non-hydrogen) atoms. The second kappa shape index (κ2) is 4.85. The van der Waals surface area contributed by atoms with Crippen molar-refractivity contribution in [2.24, 2.45) is 0 Å². The first-order chi connectivity index (χ1) is 9.15. The minimum absolute atomic E-state index is 0.0626. The van der Waals surface area contributed by atoms with Gasteiger partial charge in [0.25, 0.3) is 5.56 Å². The molecule has 1 aromatic carbocycles. The van der Waals surface area contributed by atoms with Crippen LogP contribution < -0.4 is 10.3 Å². The summed E-state index contributed by atoms with van der Waals surface area (Å²) in [6, 6.07) is 9.87. The van der Waals surface area contributed by atoms with Crippen molar-refractivity contribution in [3.8, 4) is 5.75 Å². The Balaban J connectivity index is 1.94. The maximum atomic E-state index is 12.1. The highest BCUT2D eigenvalue weighted by molar-refractivity contribution is 9.10. The maximum absolute atomic E-state index is 12.1. The van der Waals surface area contributed by atoms with Gasteiger partial charge >= 0.3 is 0 Å². The van der Waals surface area contributed by atoms with Crippen LogP contribution in [-0.4, -0.2) is 11.2 Å². The van der Waals surface area contributed by atoms with Crippen LogP contribution in [0.25, 0.3) is 0 Å². The van der Waals surface area contributed by atoms with E-state index in [0.717, 1.165) is 15.8 Å². The number of rotatable bonds is 2. The van der Waals surface area contributed by atoms with Crippen molar-refractivity contribution in [3.63, 3.8) is 0 Å². The predicted octanol–water partition coefficient (Wildman–Crippen LogP) is 3.10. The van der Waals surface area contributed by atoms with Crippen LogP contribution in [0.5, 0.6) is 5.75 Å². The zero-order valence-corrected chi connectivity index (χ0v) is 12.2. The largest absolute Gasteiger partial charge is 0.493 e. The van der Waals surface area contributed by atoms with Crippen molar-refractivity contribution >= 4 is 15.9 Å². The van der Waals surface area contributed by atoms with Crippen molar-refractivity contribution in [3.05, 3.63) is 62.5 Å². The molecule has 1 atom stereocenters. The fourth-order valence-electron chi connectivity index (χ4n) is 2.49. The lowest BCUT2D eigenvalue weighted by atomic mass is 10.0. The molecule has 0 radical (unpaired) electrons. The Morgan fingerprint density at radius 3 is 3.05 bits per heavy atom. The molecule has 1 aliphatic heterocycles. The highest BCUT2D eigenvalue weighted by atomic mass is 79.9. The fraction of sp³-hybridized carbons (Fsp3) is 0.267. The van der Waals surface area contributed by atoms with Gasteiger partial charge in [-0.15, -0.1) is 0 Å². The standard InChI is InChI=1S/C15H14BrNO2/c1-10-6-12(16)8-17(15(10)18)7-11-9-19-14-5-3-2-4-13(11)14/h2-6,8,11H,7,9H2,1H3. The molecule has 3 nitrogen and oxygen atoms in total. The molecular formula is C15H14BrNO2. The van der Waals surface area contributed by atoms with E-state index < -0.39 is 0 Å². The van der Waals surface area contributed by atoms with Crippen LogP contribution in [0.4, 0.5) is 0 Å². The van der Waals surface area contributed by atoms with Gasteiger partial charge in [-0.2, -0.15) is 0 Å². The molecule has 0 saturated carbocycles. The quantitative estimate of drug-likeness (QED) is 0.851. The summed E-state index contributed by atoms with van der Waals surface area (Å²) in [5, 5.41) is 0. The second-order valence-electron chi connectivity index (χ2n) is 4.84. The predicted molar refractivity (Wildman–Crippen MR) is 77.8 cm³/mol. The Labute approximate surface area is 120 Å². The van der Waals surface area contributed by atoms with Gasteiger partial charge in [-0.05, 0) is 35.0 Å². The van der Waals surface area contributed by atoms with Crippen molar-refractivity contribution in [2.45, 2.75) is 19.4 Å². The van der Waals surface area contributed by atoms with E-state index in [0.29, 0.717) is 13.2 Å². The van der Waals surface area contributed by atoms with E-state index in [1.807, 2.05) is 37.4 Å². The number of ether oxygens (including phenoxy) is 1. The molecule has 1 unspecified atom stereocenters. The first-order valence-corrected chi connectivity index (χ1v) is 7.03. The van der Waals surface area contributed by atoms with Gasteiger partial charge in [0.05, 0.1) is 6.61 Å². The Hall–Kier alpha value is -1.55. The number of benzene rings is 1. The first kappa shape index (κ1) is 12.5. The normalized spacial score (nSPS) is 17.1. The van der Waals surface area contributed by atoms with Gasteiger partial charge in [-0.25, -0.2) is 0 Å². The number of nitrogens with zero attached hydrogens (tertiary/aromatic N) is 1.